The summed E-state index contributed by atoms with van der Waals surface area (Å²) in [5.74, 6) is -1.53. The lowest BCUT2D eigenvalue weighted by Crippen LogP contribution is -2.42. The quantitative estimate of drug-likeness (QED) is 0.447. The molecular formula is C23H22F3NO5S. The second-order valence-corrected chi connectivity index (χ2v) is 9.85. The maximum absolute atomic E-state index is 12.8. The highest BCUT2D eigenvalue weighted by molar-refractivity contribution is 7.91. The zero-order chi connectivity index (χ0) is 24.1. The fourth-order valence-corrected chi connectivity index (χ4v) is 5.16. The maximum atomic E-state index is 12.8. The molecule has 0 radical (unpaired) electrons. The zero-order valence-electron chi connectivity index (χ0n) is 17.5. The average Bonchev–Trinajstić information content (AvgIpc) is 3.14. The smallest absolute Gasteiger partial charge is 0.416 e. The van der Waals surface area contributed by atoms with Gasteiger partial charge in [0.05, 0.1) is 17.1 Å². The van der Waals surface area contributed by atoms with E-state index in [-0.39, 0.29) is 18.1 Å². The first-order valence-electron chi connectivity index (χ1n) is 10.1. The first kappa shape index (κ1) is 24.5. The normalized spacial score (nSPS) is 17.7. The Bertz CT molecular complexity index is 1110. The molecule has 2 aromatic carbocycles. The Kier molecular flexibility index (Phi) is 7.57. The van der Waals surface area contributed by atoms with Crippen molar-refractivity contribution in [2.24, 2.45) is 0 Å². The minimum Gasteiger partial charge on any atom is -0.452 e. The van der Waals surface area contributed by atoms with E-state index in [1.165, 1.54) is 23.1 Å². The molecule has 0 aromatic heterocycles. The first-order valence-corrected chi connectivity index (χ1v) is 11.9. The van der Waals surface area contributed by atoms with Crippen LogP contribution in [0, 0.1) is 0 Å². The monoisotopic (exact) mass is 481 g/mol. The number of esters is 1. The van der Waals surface area contributed by atoms with Crippen molar-refractivity contribution in [2.45, 2.75) is 25.2 Å². The number of amides is 1. The van der Waals surface area contributed by atoms with Crippen molar-refractivity contribution < 1.29 is 35.9 Å². The number of carbonyl (C=O) groups excluding carboxylic acids is 2. The number of hydrogen-bond acceptors (Lipinski definition) is 5. The Labute approximate surface area is 189 Å². The number of halogens is 3. The van der Waals surface area contributed by atoms with E-state index in [0.29, 0.717) is 12.0 Å². The van der Waals surface area contributed by atoms with Crippen molar-refractivity contribution in [2.75, 3.05) is 18.1 Å². The number of rotatable bonds is 7. The standard InChI is InChI=1S/C23H22F3NO5S/c24-23(25,26)19-9-6-17(7-10-19)8-11-22(29)32-15-21(28)27(14-18-4-2-1-3-5-18)20-12-13-33(30,31)16-20/h1-11,20H,12-16H2/b11-8+/t20-/m0/s1. The van der Waals surface area contributed by atoms with Crippen LogP contribution in [0.3, 0.4) is 0 Å². The van der Waals surface area contributed by atoms with E-state index in [0.717, 1.165) is 23.8 Å². The summed E-state index contributed by atoms with van der Waals surface area (Å²) < 4.78 is 66.6. The average molecular weight is 481 g/mol. The number of sulfone groups is 1. The van der Waals surface area contributed by atoms with E-state index in [1.807, 2.05) is 18.2 Å². The number of carbonyl (C=O) groups is 2. The molecule has 1 aliphatic heterocycles. The predicted molar refractivity (Wildman–Crippen MR) is 115 cm³/mol. The second-order valence-electron chi connectivity index (χ2n) is 7.62. The third kappa shape index (κ3) is 7.18. The molecule has 1 amide bonds. The molecule has 0 bridgehead atoms. The number of nitrogens with zero attached hydrogens (tertiary/aromatic N) is 1. The van der Waals surface area contributed by atoms with Crippen LogP contribution in [-0.2, 0) is 36.9 Å². The molecule has 0 saturated carbocycles. The van der Waals surface area contributed by atoms with Gasteiger partial charge in [-0.25, -0.2) is 13.2 Å². The van der Waals surface area contributed by atoms with E-state index in [4.69, 9.17) is 4.74 Å². The lowest BCUT2D eigenvalue weighted by molar-refractivity contribution is -0.149. The van der Waals surface area contributed by atoms with Gasteiger partial charge in [0.25, 0.3) is 5.91 Å². The van der Waals surface area contributed by atoms with Crippen LogP contribution in [0.4, 0.5) is 13.2 Å². The van der Waals surface area contributed by atoms with Crippen LogP contribution in [0.25, 0.3) is 6.08 Å². The van der Waals surface area contributed by atoms with Gasteiger partial charge in [-0.1, -0.05) is 42.5 Å². The van der Waals surface area contributed by atoms with Crippen molar-refractivity contribution in [1.29, 1.82) is 0 Å². The Morgan fingerprint density at radius 2 is 1.73 bits per heavy atom. The molecule has 1 saturated heterocycles. The molecule has 1 heterocycles. The number of benzene rings is 2. The van der Waals surface area contributed by atoms with Gasteiger partial charge in [-0.3, -0.25) is 4.79 Å². The zero-order valence-corrected chi connectivity index (χ0v) is 18.3. The Hall–Kier alpha value is -3.14. The summed E-state index contributed by atoms with van der Waals surface area (Å²) in [7, 11) is -3.23. The van der Waals surface area contributed by atoms with Crippen molar-refractivity contribution in [3.05, 3.63) is 77.4 Å². The summed E-state index contributed by atoms with van der Waals surface area (Å²) in [4.78, 5) is 26.2. The van der Waals surface area contributed by atoms with Gasteiger partial charge in [-0.2, -0.15) is 13.2 Å². The van der Waals surface area contributed by atoms with Crippen LogP contribution in [0.2, 0.25) is 0 Å². The highest BCUT2D eigenvalue weighted by Crippen LogP contribution is 2.29. The van der Waals surface area contributed by atoms with Gasteiger partial charge in [0.15, 0.2) is 16.4 Å². The van der Waals surface area contributed by atoms with Crippen LogP contribution in [0.1, 0.15) is 23.1 Å². The highest BCUT2D eigenvalue weighted by Gasteiger charge is 2.35. The number of hydrogen-bond donors (Lipinski definition) is 0. The third-order valence-corrected chi connectivity index (χ3v) is 6.90. The summed E-state index contributed by atoms with van der Waals surface area (Å²) in [6.45, 7) is -0.404. The highest BCUT2D eigenvalue weighted by atomic mass is 32.2. The predicted octanol–water partition coefficient (Wildman–Crippen LogP) is 3.48. The number of alkyl halides is 3. The molecule has 10 heteroatoms. The van der Waals surface area contributed by atoms with Crippen molar-refractivity contribution in [3.8, 4) is 0 Å². The molecule has 0 aliphatic carbocycles. The van der Waals surface area contributed by atoms with E-state index in [1.54, 1.807) is 12.1 Å². The maximum Gasteiger partial charge on any atom is 0.416 e. The van der Waals surface area contributed by atoms with Crippen LogP contribution < -0.4 is 0 Å². The fourth-order valence-electron chi connectivity index (χ4n) is 3.43. The largest absolute Gasteiger partial charge is 0.452 e. The summed E-state index contributed by atoms with van der Waals surface area (Å²) in [5, 5.41) is 0. The van der Waals surface area contributed by atoms with Gasteiger partial charge in [0.2, 0.25) is 0 Å². The molecule has 0 N–H and O–H groups in total. The molecule has 33 heavy (non-hydrogen) atoms. The Balaban J connectivity index is 1.60. The summed E-state index contributed by atoms with van der Waals surface area (Å²) in [5.41, 5.74) is 0.358. The molecule has 0 unspecified atom stereocenters. The molecule has 1 fully saturated rings. The van der Waals surface area contributed by atoms with Gasteiger partial charge in [0.1, 0.15) is 0 Å². The van der Waals surface area contributed by atoms with Gasteiger partial charge in [0, 0.05) is 18.7 Å². The van der Waals surface area contributed by atoms with E-state index >= 15 is 0 Å². The lowest BCUT2D eigenvalue weighted by Gasteiger charge is -2.28. The molecule has 6 nitrogen and oxygen atoms in total. The summed E-state index contributed by atoms with van der Waals surface area (Å²) >= 11 is 0. The van der Waals surface area contributed by atoms with E-state index in [9.17, 15) is 31.2 Å². The molecule has 176 valence electrons. The van der Waals surface area contributed by atoms with Crippen molar-refractivity contribution >= 4 is 27.8 Å². The minimum atomic E-state index is -4.45. The van der Waals surface area contributed by atoms with Crippen LogP contribution in [-0.4, -0.2) is 49.3 Å². The van der Waals surface area contributed by atoms with Crippen LogP contribution >= 0.6 is 0 Å². The molecule has 2 aromatic rings. The van der Waals surface area contributed by atoms with E-state index < -0.39 is 46.1 Å². The molecular weight excluding hydrogens is 459 g/mol. The van der Waals surface area contributed by atoms with Crippen molar-refractivity contribution in [1.82, 2.24) is 4.90 Å². The van der Waals surface area contributed by atoms with E-state index in [2.05, 4.69) is 0 Å². The summed E-state index contributed by atoms with van der Waals surface area (Å²) in [6.07, 6.45) is -1.86. The minimum absolute atomic E-state index is 0.00805. The van der Waals surface area contributed by atoms with Crippen LogP contribution in [0.15, 0.2) is 60.7 Å². The van der Waals surface area contributed by atoms with Gasteiger partial charge < -0.3 is 9.64 Å². The Morgan fingerprint density at radius 3 is 2.30 bits per heavy atom. The SMILES string of the molecule is O=C(/C=C/c1ccc(C(F)(F)F)cc1)OCC(=O)N(Cc1ccccc1)[C@H]1CCS(=O)(=O)C1. The molecule has 3 rings (SSSR count). The second kappa shape index (κ2) is 10.2. The first-order chi connectivity index (χ1) is 15.5. The lowest BCUT2D eigenvalue weighted by atomic mass is 10.1. The van der Waals surface area contributed by atoms with Crippen LogP contribution in [0.5, 0.6) is 0 Å². The third-order valence-electron chi connectivity index (χ3n) is 5.15. The Morgan fingerprint density at radius 1 is 1.06 bits per heavy atom. The summed E-state index contributed by atoms with van der Waals surface area (Å²) in [6, 6.07) is 12.7. The molecule has 0 spiro atoms. The van der Waals surface area contributed by atoms with Crippen molar-refractivity contribution in [3.63, 3.8) is 0 Å². The fraction of sp³-hybridized carbons (Fsp3) is 0.304. The van der Waals surface area contributed by atoms with Gasteiger partial charge in [-0.05, 0) is 35.8 Å². The molecule has 1 atom stereocenters. The topological polar surface area (TPSA) is 80.8 Å². The molecule has 1 aliphatic rings. The van der Waals surface area contributed by atoms with Gasteiger partial charge in [-0.15, -0.1) is 0 Å². The number of ether oxygens (including phenoxy) is 1. The van der Waals surface area contributed by atoms with Gasteiger partial charge >= 0.3 is 12.1 Å².